The summed E-state index contributed by atoms with van der Waals surface area (Å²) in [7, 11) is 0. The lowest BCUT2D eigenvalue weighted by molar-refractivity contribution is -0.131. The molecule has 7 rings (SSSR count). The van der Waals surface area contributed by atoms with E-state index in [4.69, 9.17) is 0 Å². The molecular formula is C31H32N6O2S2. The van der Waals surface area contributed by atoms with Gasteiger partial charge in [0.1, 0.15) is 4.83 Å². The molecule has 1 aliphatic carbocycles. The van der Waals surface area contributed by atoms with Crippen LogP contribution < -0.4 is 10.5 Å². The highest BCUT2D eigenvalue weighted by molar-refractivity contribution is 7.99. The molecule has 0 unspecified atom stereocenters. The number of piperazine rings is 1. The maximum Gasteiger partial charge on any atom is 0.264 e. The van der Waals surface area contributed by atoms with Gasteiger partial charge in [0.2, 0.25) is 11.7 Å². The van der Waals surface area contributed by atoms with E-state index in [1.807, 2.05) is 41.3 Å². The van der Waals surface area contributed by atoms with E-state index in [1.54, 1.807) is 27.7 Å². The molecule has 4 heterocycles. The van der Waals surface area contributed by atoms with Gasteiger partial charge in [-0.1, -0.05) is 60.3 Å². The van der Waals surface area contributed by atoms with Crippen LogP contribution in [-0.4, -0.2) is 61.9 Å². The Hall–Kier alpha value is -3.63. The highest BCUT2D eigenvalue weighted by atomic mass is 32.2. The Kier molecular flexibility index (Phi) is 7.26. The third kappa shape index (κ3) is 5.04. The first-order valence-electron chi connectivity index (χ1n) is 14.3. The van der Waals surface area contributed by atoms with E-state index in [0.29, 0.717) is 24.5 Å². The van der Waals surface area contributed by atoms with Crippen molar-refractivity contribution in [1.82, 2.24) is 24.1 Å². The van der Waals surface area contributed by atoms with E-state index >= 15 is 0 Å². The van der Waals surface area contributed by atoms with Crippen molar-refractivity contribution in [3.05, 3.63) is 87.0 Å². The van der Waals surface area contributed by atoms with Gasteiger partial charge < -0.3 is 9.80 Å². The number of anilines is 1. The maximum atomic E-state index is 13.9. The molecule has 210 valence electrons. The second kappa shape index (κ2) is 11.3. The first kappa shape index (κ1) is 26.3. The van der Waals surface area contributed by atoms with E-state index in [2.05, 4.69) is 43.8 Å². The summed E-state index contributed by atoms with van der Waals surface area (Å²) >= 11 is 3.27. The number of hydrogen-bond acceptors (Lipinski definition) is 7. The summed E-state index contributed by atoms with van der Waals surface area (Å²) in [4.78, 5) is 33.6. The number of amides is 1. The molecule has 0 spiro atoms. The maximum absolute atomic E-state index is 13.9. The second-order valence-corrected chi connectivity index (χ2v) is 12.8. The van der Waals surface area contributed by atoms with Crippen LogP contribution in [0.4, 0.5) is 5.69 Å². The quantitative estimate of drug-likeness (QED) is 0.254. The third-order valence-corrected chi connectivity index (χ3v) is 10.4. The number of aromatic nitrogens is 4. The summed E-state index contributed by atoms with van der Waals surface area (Å²) in [5, 5.41) is 10.6. The fourth-order valence-corrected chi connectivity index (χ4v) is 8.31. The number of carbonyl (C=O) groups is 1. The van der Waals surface area contributed by atoms with Crippen molar-refractivity contribution >= 4 is 50.7 Å². The number of hydrogen-bond donors (Lipinski definition) is 0. The van der Waals surface area contributed by atoms with Crippen LogP contribution in [-0.2, 0) is 24.2 Å². The van der Waals surface area contributed by atoms with Crippen LogP contribution in [0.5, 0.6) is 0 Å². The summed E-state index contributed by atoms with van der Waals surface area (Å²) in [6, 6.07) is 20.4. The molecule has 3 aromatic heterocycles. The molecule has 2 aliphatic rings. The van der Waals surface area contributed by atoms with Gasteiger partial charge in [0, 0.05) is 48.9 Å². The van der Waals surface area contributed by atoms with E-state index in [-0.39, 0.29) is 11.5 Å². The molecule has 8 nitrogen and oxygen atoms in total. The van der Waals surface area contributed by atoms with Crippen molar-refractivity contribution in [1.29, 1.82) is 0 Å². The van der Waals surface area contributed by atoms with Gasteiger partial charge in [0.25, 0.3) is 5.56 Å². The second-order valence-electron chi connectivity index (χ2n) is 10.7. The molecule has 5 aromatic rings. The SMILES string of the molecule is O=C(CCSc1nnc2n(Cc3ccccc3)c(=O)c3c4c(sc3n12)CCCC4)N1CCN(c2ccccc2)CC1. The summed E-state index contributed by atoms with van der Waals surface area (Å²) < 4.78 is 3.84. The molecule has 0 atom stereocenters. The number of thiophene rings is 1. The number of thioether (sulfide) groups is 1. The lowest BCUT2D eigenvalue weighted by Crippen LogP contribution is -2.48. The van der Waals surface area contributed by atoms with Gasteiger partial charge in [0.15, 0.2) is 5.16 Å². The van der Waals surface area contributed by atoms with Crippen molar-refractivity contribution < 1.29 is 4.79 Å². The van der Waals surface area contributed by atoms with Crippen LogP contribution in [0.15, 0.2) is 70.6 Å². The van der Waals surface area contributed by atoms with Crippen molar-refractivity contribution in [2.24, 2.45) is 0 Å². The Bertz CT molecular complexity index is 1750. The van der Waals surface area contributed by atoms with Gasteiger partial charge in [-0.15, -0.1) is 21.5 Å². The van der Waals surface area contributed by atoms with Gasteiger partial charge >= 0.3 is 0 Å². The lowest BCUT2D eigenvalue weighted by atomic mass is 9.97. The van der Waals surface area contributed by atoms with Crippen LogP contribution in [0.2, 0.25) is 0 Å². The molecule has 1 amide bonds. The Morgan fingerprint density at radius 1 is 0.902 bits per heavy atom. The van der Waals surface area contributed by atoms with E-state index in [1.165, 1.54) is 16.1 Å². The van der Waals surface area contributed by atoms with Crippen molar-refractivity contribution in [3.8, 4) is 0 Å². The first-order chi connectivity index (χ1) is 20.2. The molecule has 1 fully saturated rings. The van der Waals surface area contributed by atoms with Crippen LogP contribution in [0.1, 0.15) is 35.3 Å². The summed E-state index contributed by atoms with van der Waals surface area (Å²) in [6.45, 7) is 3.61. The Morgan fingerprint density at radius 3 is 2.41 bits per heavy atom. The van der Waals surface area contributed by atoms with E-state index in [9.17, 15) is 9.59 Å². The molecule has 2 aromatic carbocycles. The predicted molar refractivity (Wildman–Crippen MR) is 165 cm³/mol. The highest BCUT2D eigenvalue weighted by Crippen LogP contribution is 2.36. The standard InChI is InChI=1S/C31H32N6O2S2/c38-26(35-18-16-34(17-19-35)23-11-5-2-6-12-23)15-20-40-31-33-32-30-36(21-22-9-3-1-4-10-22)28(39)27-24-13-7-8-14-25(24)41-29(27)37(30)31/h1-6,9-12H,7-8,13-21H2. The molecule has 0 radical (unpaired) electrons. The van der Waals surface area contributed by atoms with Gasteiger partial charge in [-0.3, -0.25) is 14.2 Å². The third-order valence-electron chi connectivity index (χ3n) is 8.16. The van der Waals surface area contributed by atoms with Crippen molar-refractivity contribution in [2.45, 2.75) is 43.8 Å². The molecule has 41 heavy (non-hydrogen) atoms. The Balaban J connectivity index is 1.12. The number of para-hydroxylation sites is 1. The van der Waals surface area contributed by atoms with Gasteiger partial charge in [0.05, 0.1) is 11.9 Å². The molecule has 1 saturated heterocycles. The number of nitrogens with zero attached hydrogens (tertiary/aromatic N) is 6. The van der Waals surface area contributed by atoms with Crippen LogP contribution in [0, 0.1) is 0 Å². The van der Waals surface area contributed by atoms with Crippen LogP contribution >= 0.6 is 23.1 Å². The van der Waals surface area contributed by atoms with Gasteiger partial charge in [-0.05, 0) is 48.9 Å². The number of rotatable bonds is 7. The van der Waals surface area contributed by atoms with Gasteiger partial charge in [-0.25, -0.2) is 4.40 Å². The number of fused-ring (bicyclic) bond motifs is 5. The fraction of sp³-hybridized carbons (Fsp3) is 0.355. The molecule has 10 heteroatoms. The van der Waals surface area contributed by atoms with Gasteiger partial charge in [-0.2, -0.15) is 0 Å². The predicted octanol–water partition coefficient (Wildman–Crippen LogP) is 4.86. The Labute approximate surface area is 246 Å². The summed E-state index contributed by atoms with van der Waals surface area (Å²) in [5.41, 5.74) is 3.49. The van der Waals surface area contributed by atoms with Crippen molar-refractivity contribution in [3.63, 3.8) is 0 Å². The number of aryl methyl sites for hydroxylation is 2. The highest BCUT2D eigenvalue weighted by Gasteiger charge is 2.26. The topological polar surface area (TPSA) is 75.7 Å². The molecule has 1 aliphatic heterocycles. The smallest absolute Gasteiger partial charge is 0.264 e. The molecular weight excluding hydrogens is 553 g/mol. The minimum Gasteiger partial charge on any atom is -0.368 e. The summed E-state index contributed by atoms with van der Waals surface area (Å²) in [5.74, 6) is 1.36. The summed E-state index contributed by atoms with van der Waals surface area (Å²) in [6.07, 6.45) is 4.68. The normalized spacial score (nSPS) is 15.5. The average Bonchev–Trinajstić information content (AvgIpc) is 3.62. The first-order valence-corrected chi connectivity index (χ1v) is 16.1. The lowest BCUT2D eigenvalue weighted by Gasteiger charge is -2.36. The molecule has 0 bridgehead atoms. The number of benzene rings is 2. The number of carbonyl (C=O) groups excluding carboxylic acids is 1. The van der Waals surface area contributed by atoms with E-state index in [0.717, 1.165) is 72.8 Å². The monoisotopic (exact) mass is 584 g/mol. The zero-order valence-corrected chi connectivity index (χ0v) is 24.5. The van der Waals surface area contributed by atoms with Crippen LogP contribution in [0.3, 0.4) is 0 Å². The molecule has 0 saturated carbocycles. The van der Waals surface area contributed by atoms with Crippen molar-refractivity contribution in [2.75, 3.05) is 36.8 Å². The molecule has 0 N–H and O–H groups in total. The fourth-order valence-electron chi connectivity index (χ4n) is 6.01. The zero-order chi connectivity index (χ0) is 27.8. The minimum absolute atomic E-state index is 0.0181. The minimum atomic E-state index is 0.0181. The van der Waals surface area contributed by atoms with E-state index < -0.39 is 0 Å². The van der Waals surface area contributed by atoms with Crippen LogP contribution in [0.25, 0.3) is 16.0 Å². The zero-order valence-electron chi connectivity index (χ0n) is 22.9. The average molecular weight is 585 g/mol. The Morgan fingerprint density at radius 2 is 1.63 bits per heavy atom. The largest absolute Gasteiger partial charge is 0.368 e.